The van der Waals surface area contributed by atoms with Crippen molar-refractivity contribution in [3.63, 3.8) is 0 Å². The SMILES string of the molecule is CCN(CC)CCOC(=O)C(Cc1ccco1)Cc1cccs1. The second kappa shape index (κ2) is 9.53. The Morgan fingerprint density at radius 1 is 1.26 bits per heavy atom. The largest absolute Gasteiger partial charge is 0.469 e. The Bertz CT molecular complexity index is 511. The van der Waals surface area contributed by atoms with Gasteiger partial charge < -0.3 is 14.1 Å². The number of hydrogen-bond donors (Lipinski definition) is 0. The van der Waals surface area contributed by atoms with Gasteiger partial charge >= 0.3 is 5.97 Å². The molecule has 0 spiro atoms. The molecule has 0 aliphatic rings. The Morgan fingerprint density at radius 2 is 2.09 bits per heavy atom. The van der Waals surface area contributed by atoms with Crippen molar-refractivity contribution in [3.05, 3.63) is 46.5 Å². The molecule has 0 radical (unpaired) electrons. The molecule has 0 bridgehead atoms. The van der Waals surface area contributed by atoms with E-state index in [4.69, 9.17) is 9.15 Å². The van der Waals surface area contributed by atoms with Crippen LogP contribution < -0.4 is 0 Å². The van der Waals surface area contributed by atoms with Gasteiger partial charge in [-0.15, -0.1) is 11.3 Å². The molecular weight excluding hydrogens is 310 g/mol. The standard InChI is InChI=1S/C18H25NO3S/c1-3-19(4-2)9-11-22-18(20)15(13-16-7-5-10-21-16)14-17-8-6-12-23-17/h5-8,10,12,15H,3-4,9,11,13-14H2,1-2H3. The number of ether oxygens (including phenoxy) is 1. The van der Waals surface area contributed by atoms with Gasteiger partial charge in [-0.25, -0.2) is 0 Å². The predicted molar refractivity (Wildman–Crippen MR) is 92.7 cm³/mol. The van der Waals surface area contributed by atoms with Crippen molar-refractivity contribution in [2.75, 3.05) is 26.2 Å². The zero-order valence-electron chi connectivity index (χ0n) is 13.9. The zero-order chi connectivity index (χ0) is 16.5. The predicted octanol–water partition coefficient (Wildman–Crippen LogP) is 3.63. The van der Waals surface area contributed by atoms with Gasteiger partial charge in [-0.3, -0.25) is 4.79 Å². The number of carbonyl (C=O) groups excluding carboxylic acids is 1. The minimum Gasteiger partial charge on any atom is -0.469 e. The summed E-state index contributed by atoms with van der Waals surface area (Å²) in [5.41, 5.74) is 0. The van der Waals surface area contributed by atoms with Gasteiger partial charge in [-0.1, -0.05) is 19.9 Å². The molecule has 1 atom stereocenters. The lowest BCUT2D eigenvalue weighted by molar-refractivity contribution is -0.149. The van der Waals surface area contributed by atoms with Gasteiger partial charge in [-0.05, 0) is 43.1 Å². The molecule has 2 aromatic heterocycles. The van der Waals surface area contributed by atoms with Crippen LogP contribution in [0.4, 0.5) is 0 Å². The monoisotopic (exact) mass is 335 g/mol. The number of thiophene rings is 1. The van der Waals surface area contributed by atoms with E-state index in [0.717, 1.165) is 25.4 Å². The fraction of sp³-hybridized carbons (Fsp3) is 0.500. The first-order valence-corrected chi connectivity index (χ1v) is 9.04. The maximum Gasteiger partial charge on any atom is 0.309 e. The molecule has 0 aliphatic heterocycles. The maximum atomic E-state index is 12.5. The van der Waals surface area contributed by atoms with Gasteiger partial charge in [0.05, 0.1) is 12.2 Å². The number of carbonyl (C=O) groups is 1. The quantitative estimate of drug-likeness (QED) is 0.622. The third kappa shape index (κ3) is 5.84. The molecule has 0 N–H and O–H groups in total. The Kier molecular flexibility index (Phi) is 7.36. The summed E-state index contributed by atoms with van der Waals surface area (Å²) in [4.78, 5) is 15.9. The van der Waals surface area contributed by atoms with E-state index in [9.17, 15) is 4.79 Å². The zero-order valence-corrected chi connectivity index (χ0v) is 14.7. The molecule has 0 fully saturated rings. The van der Waals surface area contributed by atoms with Crippen molar-refractivity contribution in [3.8, 4) is 0 Å². The van der Waals surface area contributed by atoms with Crippen molar-refractivity contribution in [2.45, 2.75) is 26.7 Å². The van der Waals surface area contributed by atoms with Gasteiger partial charge in [0.25, 0.3) is 0 Å². The highest BCUT2D eigenvalue weighted by Gasteiger charge is 2.23. The van der Waals surface area contributed by atoms with Crippen molar-refractivity contribution < 1.29 is 13.9 Å². The Labute approximate surface area is 142 Å². The summed E-state index contributed by atoms with van der Waals surface area (Å²) in [6, 6.07) is 7.83. The number of nitrogens with zero attached hydrogens (tertiary/aromatic N) is 1. The first-order valence-electron chi connectivity index (χ1n) is 8.16. The van der Waals surface area contributed by atoms with Crippen LogP contribution in [0.2, 0.25) is 0 Å². The number of rotatable bonds is 10. The highest BCUT2D eigenvalue weighted by atomic mass is 32.1. The molecule has 0 amide bonds. The fourth-order valence-electron chi connectivity index (χ4n) is 2.52. The lowest BCUT2D eigenvalue weighted by Crippen LogP contribution is -2.30. The van der Waals surface area contributed by atoms with E-state index in [1.165, 1.54) is 4.88 Å². The molecule has 23 heavy (non-hydrogen) atoms. The van der Waals surface area contributed by atoms with Gasteiger partial charge in [0.15, 0.2) is 0 Å². The third-order valence-electron chi connectivity index (χ3n) is 3.93. The molecule has 0 saturated heterocycles. The number of furan rings is 1. The third-order valence-corrected chi connectivity index (χ3v) is 4.83. The molecule has 0 aliphatic carbocycles. The van der Waals surface area contributed by atoms with E-state index in [-0.39, 0.29) is 11.9 Å². The van der Waals surface area contributed by atoms with Crippen LogP contribution in [0.25, 0.3) is 0 Å². The molecule has 0 aromatic carbocycles. The van der Waals surface area contributed by atoms with Crippen LogP contribution in [-0.2, 0) is 22.4 Å². The first-order chi connectivity index (χ1) is 11.2. The summed E-state index contributed by atoms with van der Waals surface area (Å²) in [5, 5.41) is 2.03. The molecule has 5 heteroatoms. The van der Waals surface area contributed by atoms with Crippen LogP contribution in [0, 0.1) is 5.92 Å². The fourth-order valence-corrected chi connectivity index (χ4v) is 3.30. The molecule has 126 valence electrons. The van der Waals surface area contributed by atoms with Crippen molar-refractivity contribution in [2.24, 2.45) is 5.92 Å². The van der Waals surface area contributed by atoms with E-state index in [1.54, 1.807) is 17.6 Å². The molecular formula is C18H25NO3S. The highest BCUT2D eigenvalue weighted by molar-refractivity contribution is 7.09. The summed E-state index contributed by atoms with van der Waals surface area (Å²) in [6.45, 7) is 7.40. The molecule has 0 saturated carbocycles. The van der Waals surface area contributed by atoms with Gasteiger partial charge in [0.1, 0.15) is 12.4 Å². The first kappa shape index (κ1) is 17.8. The second-order valence-corrected chi connectivity index (χ2v) is 6.49. The van der Waals surface area contributed by atoms with Gasteiger partial charge in [-0.2, -0.15) is 0 Å². The normalized spacial score (nSPS) is 12.5. The van der Waals surface area contributed by atoms with E-state index >= 15 is 0 Å². The van der Waals surface area contributed by atoms with E-state index in [2.05, 4.69) is 24.8 Å². The van der Waals surface area contributed by atoms with E-state index in [0.29, 0.717) is 19.4 Å². The minimum atomic E-state index is -0.198. The highest BCUT2D eigenvalue weighted by Crippen LogP contribution is 2.20. The number of esters is 1. The molecule has 4 nitrogen and oxygen atoms in total. The van der Waals surface area contributed by atoms with Crippen LogP contribution in [0.1, 0.15) is 24.5 Å². The van der Waals surface area contributed by atoms with Crippen LogP contribution >= 0.6 is 11.3 Å². The average Bonchev–Trinajstić information content (AvgIpc) is 3.24. The van der Waals surface area contributed by atoms with E-state index in [1.807, 2.05) is 23.6 Å². The van der Waals surface area contributed by atoms with Crippen molar-refractivity contribution in [1.82, 2.24) is 4.90 Å². The van der Waals surface area contributed by atoms with Gasteiger partial charge in [0, 0.05) is 17.8 Å². The summed E-state index contributed by atoms with van der Waals surface area (Å²) >= 11 is 1.67. The van der Waals surface area contributed by atoms with Crippen LogP contribution in [0.3, 0.4) is 0 Å². The molecule has 2 aromatic rings. The Hall–Kier alpha value is -1.59. The van der Waals surface area contributed by atoms with Crippen LogP contribution in [-0.4, -0.2) is 37.1 Å². The lowest BCUT2D eigenvalue weighted by Gasteiger charge is -2.19. The van der Waals surface area contributed by atoms with E-state index < -0.39 is 0 Å². The van der Waals surface area contributed by atoms with Crippen LogP contribution in [0.15, 0.2) is 40.3 Å². The van der Waals surface area contributed by atoms with Crippen LogP contribution in [0.5, 0.6) is 0 Å². The molecule has 2 rings (SSSR count). The van der Waals surface area contributed by atoms with Crippen molar-refractivity contribution in [1.29, 1.82) is 0 Å². The van der Waals surface area contributed by atoms with Gasteiger partial charge in [0.2, 0.25) is 0 Å². The Balaban J connectivity index is 1.91. The molecule has 1 unspecified atom stereocenters. The second-order valence-electron chi connectivity index (χ2n) is 5.46. The number of likely N-dealkylation sites (N-methyl/N-ethyl adjacent to an activating group) is 1. The average molecular weight is 335 g/mol. The summed E-state index contributed by atoms with van der Waals surface area (Å²) < 4.78 is 10.9. The Morgan fingerprint density at radius 3 is 2.70 bits per heavy atom. The minimum absolute atomic E-state index is 0.137. The topological polar surface area (TPSA) is 42.7 Å². The lowest BCUT2D eigenvalue weighted by atomic mass is 9.99. The van der Waals surface area contributed by atoms with Crippen molar-refractivity contribution >= 4 is 17.3 Å². The number of hydrogen-bond acceptors (Lipinski definition) is 5. The molecule has 2 heterocycles. The summed E-state index contributed by atoms with van der Waals surface area (Å²) in [5.74, 6) is 0.491. The smallest absolute Gasteiger partial charge is 0.309 e. The summed E-state index contributed by atoms with van der Waals surface area (Å²) in [6.07, 6.45) is 2.92. The summed E-state index contributed by atoms with van der Waals surface area (Å²) in [7, 11) is 0. The maximum absolute atomic E-state index is 12.5.